The summed E-state index contributed by atoms with van der Waals surface area (Å²) in [4.78, 5) is 3.87. The van der Waals surface area contributed by atoms with Crippen LogP contribution in [0.2, 0.25) is 0 Å². The lowest BCUT2D eigenvalue weighted by Crippen LogP contribution is -2.40. The zero-order valence-corrected chi connectivity index (χ0v) is 12.9. The number of nitrogens with zero attached hydrogens (tertiary/aromatic N) is 4. The number of aliphatic hydroxyl groups is 2. The van der Waals surface area contributed by atoms with Crippen LogP contribution >= 0.6 is 22.6 Å². The van der Waals surface area contributed by atoms with E-state index in [2.05, 4.69) is 10.1 Å². The number of aromatic nitrogens is 3. The number of ether oxygens (including phenoxy) is 1. The number of fused-ring (bicyclic) bond motifs is 1. The Morgan fingerprint density at radius 3 is 2.90 bits per heavy atom. The SMILES string of the molecule is N#C[C@@]1(c2ccc3c(N)ncnn23)O[C@H](CI)[C@@H](O)[C@H]1O. The van der Waals surface area contributed by atoms with Crippen molar-refractivity contribution in [3.8, 4) is 6.07 Å². The molecular formula is C12H12IN5O3. The molecule has 1 aliphatic rings. The molecule has 0 radical (unpaired) electrons. The van der Waals surface area contributed by atoms with Crippen LogP contribution in [0, 0.1) is 11.3 Å². The Bertz CT molecular complexity index is 729. The lowest BCUT2D eigenvalue weighted by Gasteiger charge is -2.24. The van der Waals surface area contributed by atoms with Gasteiger partial charge in [0, 0.05) is 4.43 Å². The van der Waals surface area contributed by atoms with Gasteiger partial charge in [-0.3, -0.25) is 0 Å². The Labute approximate surface area is 133 Å². The van der Waals surface area contributed by atoms with E-state index >= 15 is 0 Å². The van der Waals surface area contributed by atoms with Crippen LogP contribution < -0.4 is 5.73 Å². The minimum atomic E-state index is -1.69. The Balaban J connectivity index is 2.20. The molecule has 0 spiro atoms. The van der Waals surface area contributed by atoms with Crippen molar-refractivity contribution >= 4 is 33.9 Å². The molecule has 2 aromatic heterocycles. The van der Waals surface area contributed by atoms with Crippen LogP contribution in [0.15, 0.2) is 18.5 Å². The molecule has 3 heterocycles. The number of nitrogens with two attached hydrogens (primary N) is 1. The largest absolute Gasteiger partial charge is 0.387 e. The minimum Gasteiger partial charge on any atom is -0.387 e. The third-order valence-corrected chi connectivity index (χ3v) is 4.51. The smallest absolute Gasteiger partial charge is 0.225 e. The van der Waals surface area contributed by atoms with Crippen LogP contribution in [-0.4, -0.2) is 47.6 Å². The summed E-state index contributed by atoms with van der Waals surface area (Å²) in [6, 6.07) is 5.21. The Morgan fingerprint density at radius 1 is 1.52 bits per heavy atom. The molecule has 1 saturated heterocycles. The van der Waals surface area contributed by atoms with Crippen molar-refractivity contribution in [2.45, 2.75) is 23.9 Å². The van der Waals surface area contributed by atoms with E-state index in [0.29, 0.717) is 15.6 Å². The van der Waals surface area contributed by atoms with Crippen LogP contribution in [0.25, 0.3) is 5.52 Å². The molecule has 0 bridgehead atoms. The van der Waals surface area contributed by atoms with Gasteiger partial charge in [-0.1, -0.05) is 22.6 Å². The molecule has 4 atom stereocenters. The van der Waals surface area contributed by atoms with Crippen LogP contribution in [0.5, 0.6) is 0 Å². The number of nitriles is 1. The van der Waals surface area contributed by atoms with Crippen LogP contribution in [0.3, 0.4) is 0 Å². The molecule has 1 aliphatic heterocycles. The molecule has 1 fully saturated rings. The summed E-state index contributed by atoms with van der Waals surface area (Å²) in [5.41, 5.74) is 4.89. The van der Waals surface area contributed by atoms with Crippen molar-refractivity contribution in [2.24, 2.45) is 0 Å². The van der Waals surface area contributed by atoms with Gasteiger partial charge >= 0.3 is 0 Å². The van der Waals surface area contributed by atoms with Crippen molar-refractivity contribution in [3.63, 3.8) is 0 Å². The lowest BCUT2D eigenvalue weighted by atomic mass is 9.93. The van der Waals surface area contributed by atoms with Gasteiger partial charge in [0.05, 0.1) is 11.8 Å². The van der Waals surface area contributed by atoms with Crippen molar-refractivity contribution in [2.75, 3.05) is 10.2 Å². The zero-order valence-electron chi connectivity index (χ0n) is 10.7. The quantitative estimate of drug-likeness (QED) is 0.461. The number of halogens is 1. The summed E-state index contributed by atoms with van der Waals surface area (Å²) < 4.78 is 7.52. The first-order valence-electron chi connectivity index (χ1n) is 6.15. The molecule has 0 unspecified atom stereocenters. The molecular weight excluding hydrogens is 389 g/mol. The summed E-state index contributed by atoms with van der Waals surface area (Å²) in [7, 11) is 0. The van der Waals surface area contributed by atoms with Gasteiger partial charge in [0.2, 0.25) is 5.60 Å². The van der Waals surface area contributed by atoms with E-state index in [0.717, 1.165) is 0 Å². The maximum absolute atomic E-state index is 10.3. The average Bonchev–Trinajstić information content (AvgIpc) is 3.03. The Hall–Kier alpha value is -1.48. The highest BCUT2D eigenvalue weighted by atomic mass is 127. The molecule has 3 rings (SSSR count). The average molecular weight is 401 g/mol. The maximum Gasteiger partial charge on any atom is 0.225 e. The number of nitrogen functional groups attached to an aromatic ring is 1. The molecule has 4 N–H and O–H groups in total. The van der Waals surface area contributed by atoms with Crippen LogP contribution in [-0.2, 0) is 10.3 Å². The van der Waals surface area contributed by atoms with E-state index in [9.17, 15) is 15.5 Å². The molecule has 21 heavy (non-hydrogen) atoms. The van der Waals surface area contributed by atoms with Gasteiger partial charge in [-0.05, 0) is 12.1 Å². The highest BCUT2D eigenvalue weighted by Gasteiger charge is 2.57. The van der Waals surface area contributed by atoms with Crippen molar-refractivity contribution in [3.05, 3.63) is 24.2 Å². The summed E-state index contributed by atoms with van der Waals surface area (Å²) in [6.07, 6.45) is -1.90. The summed E-state index contributed by atoms with van der Waals surface area (Å²) in [5, 5.41) is 34.0. The van der Waals surface area contributed by atoms with Crippen LogP contribution in [0.1, 0.15) is 5.69 Å². The topological polar surface area (TPSA) is 130 Å². The second-order valence-electron chi connectivity index (χ2n) is 4.75. The third kappa shape index (κ3) is 1.90. The zero-order chi connectivity index (χ0) is 15.2. The van der Waals surface area contributed by atoms with E-state index in [1.165, 1.54) is 10.8 Å². The molecule has 110 valence electrons. The second kappa shape index (κ2) is 5.06. The van der Waals surface area contributed by atoms with E-state index in [1.54, 1.807) is 12.1 Å². The number of hydrogen-bond acceptors (Lipinski definition) is 7. The van der Waals surface area contributed by atoms with Gasteiger partial charge in [-0.2, -0.15) is 10.4 Å². The number of aliphatic hydroxyl groups excluding tert-OH is 2. The molecule has 0 aromatic carbocycles. The number of hydrogen-bond donors (Lipinski definition) is 3. The highest BCUT2D eigenvalue weighted by molar-refractivity contribution is 14.1. The Kier molecular flexibility index (Phi) is 3.48. The fraction of sp³-hybridized carbons (Fsp3) is 0.417. The first kappa shape index (κ1) is 14.5. The minimum absolute atomic E-state index is 0.253. The predicted molar refractivity (Wildman–Crippen MR) is 80.5 cm³/mol. The summed E-state index contributed by atoms with van der Waals surface area (Å²) in [6.45, 7) is 0. The van der Waals surface area contributed by atoms with Crippen molar-refractivity contribution in [1.29, 1.82) is 5.26 Å². The third-order valence-electron chi connectivity index (χ3n) is 3.64. The van der Waals surface area contributed by atoms with E-state index in [1.807, 2.05) is 28.7 Å². The fourth-order valence-corrected chi connectivity index (χ4v) is 3.24. The first-order valence-corrected chi connectivity index (χ1v) is 7.67. The molecule has 0 saturated carbocycles. The Morgan fingerprint density at radius 2 is 2.29 bits per heavy atom. The summed E-state index contributed by atoms with van der Waals surface area (Å²) in [5.74, 6) is 0.253. The molecule has 8 nitrogen and oxygen atoms in total. The van der Waals surface area contributed by atoms with Gasteiger partial charge < -0.3 is 20.7 Å². The number of anilines is 1. The first-order chi connectivity index (χ1) is 10.0. The highest BCUT2D eigenvalue weighted by Crippen LogP contribution is 2.40. The van der Waals surface area contributed by atoms with Gasteiger partial charge in [0.15, 0.2) is 5.82 Å². The normalized spacial score (nSPS) is 32.4. The summed E-state index contributed by atoms with van der Waals surface area (Å²) >= 11 is 2.03. The van der Waals surface area contributed by atoms with Gasteiger partial charge in [0.25, 0.3) is 0 Å². The van der Waals surface area contributed by atoms with Gasteiger partial charge in [0.1, 0.15) is 30.1 Å². The predicted octanol–water partition coefficient (Wildman–Crippen LogP) is -0.414. The van der Waals surface area contributed by atoms with Crippen LogP contribution in [0.4, 0.5) is 5.82 Å². The van der Waals surface area contributed by atoms with Gasteiger partial charge in [-0.15, -0.1) is 0 Å². The maximum atomic E-state index is 10.3. The number of alkyl halides is 1. The standard InChI is InChI=1S/C12H12IN5O3/c13-3-7-9(19)10(20)12(4-14,21-7)8-2-1-6-11(15)16-5-17-18(6)8/h1-2,5,7,9-10,19-20H,3H2,(H2,15,16,17)/t7-,9-,10-,12+/m1/s1. The second-order valence-corrected chi connectivity index (χ2v) is 5.64. The lowest BCUT2D eigenvalue weighted by molar-refractivity contribution is -0.0441. The van der Waals surface area contributed by atoms with Gasteiger partial charge in [-0.25, -0.2) is 9.50 Å². The fourth-order valence-electron chi connectivity index (χ4n) is 2.54. The molecule has 0 aliphatic carbocycles. The molecule has 0 amide bonds. The van der Waals surface area contributed by atoms with E-state index in [4.69, 9.17) is 10.5 Å². The monoisotopic (exact) mass is 401 g/mol. The van der Waals surface area contributed by atoms with Crippen molar-refractivity contribution < 1.29 is 14.9 Å². The number of rotatable bonds is 2. The van der Waals surface area contributed by atoms with Crippen molar-refractivity contribution in [1.82, 2.24) is 14.6 Å². The molecule has 2 aromatic rings. The van der Waals surface area contributed by atoms with E-state index < -0.39 is 23.9 Å². The van der Waals surface area contributed by atoms with E-state index in [-0.39, 0.29) is 5.82 Å². The molecule has 9 heteroatoms.